The number of benzene rings is 3. The minimum absolute atomic E-state index is 0.167. The van der Waals surface area contributed by atoms with Crippen molar-refractivity contribution in [2.75, 3.05) is 11.9 Å². The van der Waals surface area contributed by atoms with E-state index >= 15 is 0 Å². The molecule has 0 aliphatic carbocycles. The maximum absolute atomic E-state index is 12.7. The minimum atomic E-state index is -0.333. The highest BCUT2D eigenvalue weighted by molar-refractivity contribution is 8.00. The maximum atomic E-state index is 12.7. The Hall–Kier alpha value is -2.76. The monoisotopic (exact) mass is 438 g/mol. The number of halogens is 1. The van der Waals surface area contributed by atoms with Crippen LogP contribution in [0.4, 0.5) is 5.69 Å². The fraction of sp³-hybridized carbons (Fsp3) is 0.167. The van der Waals surface area contributed by atoms with E-state index in [1.165, 1.54) is 11.8 Å². The van der Waals surface area contributed by atoms with Crippen molar-refractivity contribution in [2.45, 2.75) is 23.5 Å². The average Bonchev–Trinajstić information content (AvgIpc) is 2.76. The summed E-state index contributed by atoms with van der Waals surface area (Å²) < 4.78 is 0. The molecule has 0 bridgehead atoms. The van der Waals surface area contributed by atoms with E-state index in [0.29, 0.717) is 22.8 Å². The Morgan fingerprint density at radius 1 is 0.933 bits per heavy atom. The van der Waals surface area contributed by atoms with E-state index in [9.17, 15) is 9.59 Å². The number of hydrogen-bond acceptors (Lipinski definition) is 3. The van der Waals surface area contributed by atoms with Crippen molar-refractivity contribution in [3.05, 3.63) is 95.0 Å². The van der Waals surface area contributed by atoms with Gasteiger partial charge in [0, 0.05) is 16.5 Å². The summed E-state index contributed by atoms with van der Waals surface area (Å²) in [6, 6.07) is 24.4. The molecule has 0 aromatic heterocycles. The molecule has 4 nitrogen and oxygen atoms in total. The second-order valence-electron chi connectivity index (χ2n) is 6.74. The zero-order valence-corrected chi connectivity index (χ0v) is 18.2. The smallest absolute Gasteiger partial charge is 0.253 e. The second-order valence-corrected chi connectivity index (χ2v) is 8.59. The van der Waals surface area contributed by atoms with Crippen molar-refractivity contribution in [3.8, 4) is 0 Å². The largest absolute Gasteiger partial charge is 0.352 e. The number of anilines is 1. The molecule has 0 radical (unpaired) electrons. The third-order valence-corrected chi connectivity index (χ3v) is 5.83. The molecule has 0 spiro atoms. The fourth-order valence-electron chi connectivity index (χ4n) is 2.86. The van der Waals surface area contributed by atoms with Gasteiger partial charge in [-0.05, 0) is 55.3 Å². The number of carbonyl (C=O) groups is 2. The average molecular weight is 439 g/mol. The van der Waals surface area contributed by atoms with Crippen LogP contribution >= 0.6 is 23.4 Å². The van der Waals surface area contributed by atoms with Crippen molar-refractivity contribution >= 4 is 40.9 Å². The molecule has 1 atom stereocenters. The van der Waals surface area contributed by atoms with Crippen LogP contribution in [0.3, 0.4) is 0 Å². The lowest BCUT2D eigenvalue weighted by Gasteiger charge is -2.15. The van der Waals surface area contributed by atoms with E-state index in [0.717, 1.165) is 16.9 Å². The standard InChI is InChI=1S/C24H23ClN2O2S/c1-17(30-20-13-11-19(25)12-14-20)23(28)27-22-10-6-5-9-21(22)24(29)26-16-15-18-7-3-2-4-8-18/h2-14,17H,15-16H2,1H3,(H,26,29)(H,27,28)/t17-/m0/s1. The van der Waals surface area contributed by atoms with Gasteiger partial charge in [0.25, 0.3) is 5.91 Å². The predicted molar refractivity (Wildman–Crippen MR) is 124 cm³/mol. The van der Waals surface area contributed by atoms with Crippen LogP contribution in [-0.2, 0) is 11.2 Å². The first-order chi connectivity index (χ1) is 14.5. The van der Waals surface area contributed by atoms with Crippen LogP contribution in [0.15, 0.2) is 83.8 Å². The molecule has 0 unspecified atom stereocenters. The number of para-hydroxylation sites is 1. The summed E-state index contributed by atoms with van der Waals surface area (Å²) in [5.41, 5.74) is 2.11. The number of thioether (sulfide) groups is 1. The van der Waals surface area contributed by atoms with Gasteiger partial charge in [-0.15, -0.1) is 11.8 Å². The zero-order valence-electron chi connectivity index (χ0n) is 16.6. The first kappa shape index (κ1) is 21.9. The lowest BCUT2D eigenvalue weighted by Crippen LogP contribution is -2.28. The molecule has 2 amide bonds. The number of carbonyl (C=O) groups excluding carboxylic acids is 2. The topological polar surface area (TPSA) is 58.2 Å². The second kappa shape index (κ2) is 10.9. The van der Waals surface area contributed by atoms with Gasteiger partial charge in [-0.2, -0.15) is 0 Å². The maximum Gasteiger partial charge on any atom is 0.253 e. The molecular formula is C24H23ClN2O2S. The van der Waals surface area contributed by atoms with Crippen LogP contribution in [0.5, 0.6) is 0 Å². The summed E-state index contributed by atoms with van der Waals surface area (Å²) in [6.07, 6.45) is 0.746. The van der Waals surface area contributed by atoms with Crippen LogP contribution < -0.4 is 10.6 Å². The molecule has 0 heterocycles. The first-order valence-corrected chi connectivity index (χ1v) is 10.9. The lowest BCUT2D eigenvalue weighted by molar-refractivity contribution is -0.115. The summed E-state index contributed by atoms with van der Waals surface area (Å²) in [4.78, 5) is 26.3. The van der Waals surface area contributed by atoms with Gasteiger partial charge in [0.1, 0.15) is 0 Å². The third kappa shape index (κ3) is 6.37. The zero-order chi connectivity index (χ0) is 21.3. The van der Waals surface area contributed by atoms with E-state index in [4.69, 9.17) is 11.6 Å². The molecule has 30 heavy (non-hydrogen) atoms. The molecule has 3 aromatic carbocycles. The SMILES string of the molecule is C[C@H](Sc1ccc(Cl)cc1)C(=O)Nc1ccccc1C(=O)NCCc1ccccc1. The van der Waals surface area contributed by atoms with Gasteiger partial charge in [-0.1, -0.05) is 54.1 Å². The first-order valence-electron chi connectivity index (χ1n) is 9.67. The molecule has 0 aliphatic heterocycles. The molecule has 2 N–H and O–H groups in total. The van der Waals surface area contributed by atoms with Gasteiger partial charge in [-0.25, -0.2) is 0 Å². The van der Waals surface area contributed by atoms with Crippen LogP contribution in [0.1, 0.15) is 22.8 Å². The van der Waals surface area contributed by atoms with Gasteiger partial charge >= 0.3 is 0 Å². The van der Waals surface area contributed by atoms with Gasteiger partial charge < -0.3 is 10.6 Å². The fourth-order valence-corrected chi connectivity index (χ4v) is 3.85. The summed E-state index contributed by atoms with van der Waals surface area (Å²) in [5, 5.41) is 6.13. The highest BCUT2D eigenvalue weighted by Crippen LogP contribution is 2.26. The lowest BCUT2D eigenvalue weighted by atomic mass is 10.1. The Morgan fingerprint density at radius 3 is 2.33 bits per heavy atom. The Morgan fingerprint density at radius 2 is 1.60 bits per heavy atom. The minimum Gasteiger partial charge on any atom is -0.352 e. The summed E-state index contributed by atoms with van der Waals surface area (Å²) >= 11 is 7.34. The van der Waals surface area contributed by atoms with E-state index in [1.807, 2.05) is 49.4 Å². The predicted octanol–water partition coefficient (Wildman–Crippen LogP) is 5.43. The van der Waals surface area contributed by atoms with Gasteiger partial charge in [-0.3, -0.25) is 9.59 Å². The van der Waals surface area contributed by atoms with Crippen molar-refractivity contribution in [1.82, 2.24) is 5.32 Å². The van der Waals surface area contributed by atoms with Gasteiger partial charge in [0.2, 0.25) is 5.91 Å². The number of amides is 2. The molecule has 0 saturated carbocycles. The Balaban J connectivity index is 1.58. The number of rotatable bonds is 8. The molecule has 3 rings (SSSR count). The van der Waals surface area contributed by atoms with E-state index in [1.54, 1.807) is 36.4 Å². The summed E-state index contributed by atoms with van der Waals surface area (Å²) in [5.74, 6) is -0.376. The number of nitrogens with one attached hydrogen (secondary N) is 2. The van der Waals surface area contributed by atoms with E-state index in [-0.39, 0.29) is 17.1 Å². The number of hydrogen-bond donors (Lipinski definition) is 2. The molecule has 0 saturated heterocycles. The van der Waals surface area contributed by atoms with Crippen LogP contribution in [0.25, 0.3) is 0 Å². The normalized spacial score (nSPS) is 11.5. The quantitative estimate of drug-likeness (QED) is 0.461. The van der Waals surface area contributed by atoms with Crippen LogP contribution in [0.2, 0.25) is 5.02 Å². The van der Waals surface area contributed by atoms with Gasteiger partial charge in [0.15, 0.2) is 0 Å². The molecular weight excluding hydrogens is 416 g/mol. The van der Waals surface area contributed by atoms with Crippen LogP contribution in [0, 0.1) is 0 Å². The highest BCUT2D eigenvalue weighted by Gasteiger charge is 2.18. The molecule has 6 heteroatoms. The summed E-state index contributed by atoms with van der Waals surface area (Å²) in [6.45, 7) is 2.35. The third-order valence-electron chi connectivity index (χ3n) is 4.47. The molecule has 0 fully saturated rings. The van der Waals surface area contributed by atoms with E-state index in [2.05, 4.69) is 10.6 Å². The highest BCUT2D eigenvalue weighted by atomic mass is 35.5. The van der Waals surface area contributed by atoms with Crippen molar-refractivity contribution in [1.29, 1.82) is 0 Å². The van der Waals surface area contributed by atoms with E-state index < -0.39 is 0 Å². The van der Waals surface area contributed by atoms with Crippen molar-refractivity contribution < 1.29 is 9.59 Å². The van der Waals surface area contributed by atoms with Crippen molar-refractivity contribution in [3.63, 3.8) is 0 Å². The van der Waals surface area contributed by atoms with Crippen LogP contribution in [-0.4, -0.2) is 23.6 Å². The Labute approximate surface area is 186 Å². The Kier molecular flexibility index (Phi) is 7.94. The molecule has 3 aromatic rings. The Bertz CT molecular complexity index is 994. The van der Waals surface area contributed by atoms with Gasteiger partial charge in [0.05, 0.1) is 16.5 Å². The molecule has 0 aliphatic rings. The molecule has 154 valence electrons. The van der Waals surface area contributed by atoms with Crippen molar-refractivity contribution in [2.24, 2.45) is 0 Å². The summed E-state index contributed by atoms with van der Waals surface area (Å²) in [7, 11) is 0.